The molecular formula is C18H24F2N2O3. The van der Waals surface area contributed by atoms with Crippen LogP contribution in [0.1, 0.15) is 36.0 Å². The maximum atomic E-state index is 12.5. The molecule has 1 amide bonds. The minimum Gasteiger partial charge on any atom is -0.434 e. The maximum Gasteiger partial charge on any atom is 0.387 e. The normalized spacial score (nSPS) is 22.3. The van der Waals surface area contributed by atoms with Gasteiger partial charge < -0.3 is 19.7 Å². The van der Waals surface area contributed by atoms with Crippen LogP contribution in [0.3, 0.4) is 0 Å². The Bertz CT molecular complexity index is 571. The van der Waals surface area contributed by atoms with E-state index in [1.165, 1.54) is 12.1 Å². The number of rotatable bonds is 6. The molecule has 2 saturated heterocycles. The number of carbonyl (C=O) groups is 1. The van der Waals surface area contributed by atoms with Crippen LogP contribution in [-0.4, -0.2) is 55.8 Å². The zero-order valence-corrected chi connectivity index (χ0v) is 14.1. The van der Waals surface area contributed by atoms with Crippen LogP contribution in [0.25, 0.3) is 0 Å². The average molecular weight is 354 g/mol. The minimum atomic E-state index is -2.95. The Hall–Kier alpha value is -1.73. The average Bonchev–Trinajstić information content (AvgIpc) is 3.09. The van der Waals surface area contributed by atoms with Crippen molar-refractivity contribution in [3.63, 3.8) is 0 Å². The summed E-state index contributed by atoms with van der Waals surface area (Å²) in [5.41, 5.74) is 0.143. The van der Waals surface area contributed by atoms with Crippen molar-refractivity contribution in [1.29, 1.82) is 0 Å². The van der Waals surface area contributed by atoms with Crippen LogP contribution in [0, 0.1) is 0 Å². The first-order valence-electron chi connectivity index (χ1n) is 8.80. The number of nitrogens with zero attached hydrogens (tertiary/aromatic N) is 1. The Labute approximate surface area is 146 Å². The Morgan fingerprint density at radius 1 is 1.28 bits per heavy atom. The number of hydrogen-bond acceptors (Lipinski definition) is 4. The highest BCUT2D eigenvalue weighted by molar-refractivity contribution is 5.97. The zero-order chi connectivity index (χ0) is 17.6. The van der Waals surface area contributed by atoms with Crippen LogP contribution in [0.5, 0.6) is 5.75 Å². The van der Waals surface area contributed by atoms with E-state index in [2.05, 4.69) is 15.0 Å². The summed E-state index contributed by atoms with van der Waals surface area (Å²) in [6, 6.07) is 6.13. The number of hydrogen-bond donors (Lipinski definition) is 1. The highest BCUT2D eigenvalue weighted by Crippen LogP contribution is 2.21. The van der Waals surface area contributed by atoms with Crippen LogP contribution in [0.15, 0.2) is 24.3 Å². The molecule has 5 nitrogen and oxygen atoms in total. The molecule has 1 unspecified atom stereocenters. The van der Waals surface area contributed by atoms with Crippen molar-refractivity contribution in [2.75, 3.05) is 26.2 Å². The van der Waals surface area contributed by atoms with Crippen molar-refractivity contribution >= 4 is 5.91 Å². The third kappa shape index (κ3) is 5.12. The molecule has 1 atom stereocenters. The molecule has 1 aromatic carbocycles. The largest absolute Gasteiger partial charge is 0.434 e. The topological polar surface area (TPSA) is 50.8 Å². The first-order chi connectivity index (χ1) is 12.1. The van der Waals surface area contributed by atoms with Gasteiger partial charge in [0, 0.05) is 32.3 Å². The van der Waals surface area contributed by atoms with Crippen LogP contribution >= 0.6 is 0 Å². The van der Waals surface area contributed by atoms with E-state index in [-0.39, 0.29) is 23.3 Å². The highest BCUT2D eigenvalue weighted by atomic mass is 19.3. The Kier molecular flexibility index (Phi) is 6.20. The molecule has 0 aromatic heterocycles. The number of para-hydroxylation sites is 1. The van der Waals surface area contributed by atoms with Gasteiger partial charge in [-0.25, -0.2) is 0 Å². The van der Waals surface area contributed by atoms with Crippen molar-refractivity contribution in [3.05, 3.63) is 29.8 Å². The SMILES string of the molecule is O=C(NC1CCN(CC2CCCO2)CC1)c1ccccc1OC(F)F. The quantitative estimate of drug-likeness (QED) is 0.853. The van der Waals surface area contributed by atoms with E-state index in [1.807, 2.05) is 0 Å². The number of ether oxygens (including phenoxy) is 2. The number of nitrogens with one attached hydrogen (secondary N) is 1. The number of alkyl halides is 2. The highest BCUT2D eigenvalue weighted by Gasteiger charge is 2.25. The monoisotopic (exact) mass is 354 g/mol. The molecular weight excluding hydrogens is 330 g/mol. The van der Waals surface area contributed by atoms with Crippen LogP contribution in [0.4, 0.5) is 8.78 Å². The predicted molar refractivity (Wildman–Crippen MR) is 89.0 cm³/mol. The molecule has 1 N–H and O–H groups in total. The molecule has 2 heterocycles. The third-order valence-corrected chi connectivity index (χ3v) is 4.76. The fourth-order valence-electron chi connectivity index (χ4n) is 3.45. The number of piperidine rings is 1. The number of likely N-dealkylation sites (tertiary alicyclic amines) is 1. The van der Waals surface area contributed by atoms with E-state index in [4.69, 9.17) is 4.74 Å². The fourth-order valence-corrected chi connectivity index (χ4v) is 3.45. The second kappa shape index (κ2) is 8.58. The molecule has 2 aliphatic heterocycles. The predicted octanol–water partition coefficient (Wildman–Crippen LogP) is 2.66. The lowest BCUT2D eigenvalue weighted by molar-refractivity contribution is -0.0501. The van der Waals surface area contributed by atoms with Gasteiger partial charge >= 0.3 is 6.61 Å². The van der Waals surface area contributed by atoms with Crippen molar-refractivity contribution in [2.45, 2.75) is 44.4 Å². The molecule has 2 fully saturated rings. The molecule has 0 saturated carbocycles. The molecule has 1 aromatic rings. The molecule has 138 valence electrons. The van der Waals surface area contributed by atoms with Crippen molar-refractivity contribution < 1.29 is 23.0 Å². The molecule has 25 heavy (non-hydrogen) atoms. The second-order valence-corrected chi connectivity index (χ2v) is 6.56. The molecule has 7 heteroatoms. The summed E-state index contributed by atoms with van der Waals surface area (Å²) >= 11 is 0. The zero-order valence-electron chi connectivity index (χ0n) is 14.1. The number of amides is 1. The molecule has 3 rings (SSSR count). The Morgan fingerprint density at radius 2 is 2.04 bits per heavy atom. The molecule has 0 spiro atoms. The fraction of sp³-hybridized carbons (Fsp3) is 0.611. The minimum absolute atomic E-state index is 0.0489. The van der Waals surface area contributed by atoms with Crippen LogP contribution in [0.2, 0.25) is 0 Å². The van der Waals surface area contributed by atoms with Gasteiger partial charge in [-0.3, -0.25) is 4.79 Å². The second-order valence-electron chi connectivity index (χ2n) is 6.56. The summed E-state index contributed by atoms with van der Waals surface area (Å²) in [7, 11) is 0. The van der Waals surface area contributed by atoms with Gasteiger partial charge in [0.1, 0.15) is 5.75 Å². The third-order valence-electron chi connectivity index (χ3n) is 4.76. The van der Waals surface area contributed by atoms with Crippen molar-refractivity contribution in [2.24, 2.45) is 0 Å². The van der Waals surface area contributed by atoms with E-state index in [1.54, 1.807) is 12.1 Å². The summed E-state index contributed by atoms with van der Waals surface area (Å²) in [6.07, 6.45) is 4.28. The van der Waals surface area contributed by atoms with Gasteiger partial charge in [-0.1, -0.05) is 12.1 Å². The van der Waals surface area contributed by atoms with Crippen molar-refractivity contribution in [1.82, 2.24) is 10.2 Å². The maximum absolute atomic E-state index is 12.5. The van der Waals surface area contributed by atoms with Gasteiger partial charge in [0.05, 0.1) is 11.7 Å². The van der Waals surface area contributed by atoms with Gasteiger partial charge in [-0.2, -0.15) is 8.78 Å². The lowest BCUT2D eigenvalue weighted by atomic mass is 10.0. The first kappa shape index (κ1) is 18.1. The summed E-state index contributed by atoms with van der Waals surface area (Å²) in [4.78, 5) is 14.8. The smallest absolute Gasteiger partial charge is 0.387 e. The Balaban J connectivity index is 1.49. The summed E-state index contributed by atoms with van der Waals surface area (Å²) in [6.45, 7) is 0.665. The van der Waals surface area contributed by atoms with Crippen LogP contribution < -0.4 is 10.1 Å². The van der Waals surface area contributed by atoms with E-state index in [0.29, 0.717) is 6.10 Å². The molecule has 2 aliphatic rings. The standard InChI is InChI=1S/C18H24F2N2O3/c19-18(20)25-16-6-2-1-5-15(16)17(23)21-13-7-9-22(10-8-13)12-14-4-3-11-24-14/h1-2,5-6,13-14,18H,3-4,7-12H2,(H,21,23). The number of carbonyl (C=O) groups excluding carboxylic acids is 1. The first-order valence-corrected chi connectivity index (χ1v) is 8.80. The molecule has 0 radical (unpaired) electrons. The summed E-state index contributed by atoms with van der Waals surface area (Å²) < 4.78 is 35.0. The van der Waals surface area contributed by atoms with Gasteiger partial charge in [-0.15, -0.1) is 0 Å². The van der Waals surface area contributed by atoms with E-state index < -0.39 is 6.61 Å². The van der Waals surface area contributed by atoms with Gasteiger partial charge in [0.15, 0.2) is 0 Å². The number of halogens is 2. The van der Waals surface area contributed by atoms with E-state index in [9.17, 15) is 13.6 Å². The van der Waals surface area contributed by atoms with Crippen LogP contribution in [-0.2, 0) is 4.74 Å². The molecule has 0 bridgehead atoms. The molecule has 0 aliphatic carbocycles. The Morgan fingerprint density at radius 3 is 2.72 bits per heavy atom. The van der Waals surface area contributed by atoms with E-state index in [0.717, 1.165) is 51.9 Å². The summed E-state index contributed by atoms with van der Waals surface area (Å²) in [5, 5.41) is 2.94. The van der Waals surface area contributed by atoms with Gasteiger partial charge in [0.2, 0.25) is 0 Å². The van der Waals surface area contributed by atoms with Gasteiger partial charge in [0.25, 0.3) is 5.91 Å². The van der Waals surface area contributed by atoms with Crippen molar-refractivity contribution in [3.8, 4) is 5.75 Å². The summed E-state index contributed by atoms with van der Waals surface area (Å²) in [5.74, 6) is -0.459. The lowest BCUT2D eigenvalue weighted by Crippen LogP contribution is -2.46. The van der Waals surface area contributed by atoms with Gasteiger partial charge in [-0.05, 0) is 37.8 Å². The number of benzene rings is 1. The lowest BCUT2D eigenvalue weighted by Gasteiger charge is -2.33. The van der Waals surface area contributed by atoms with E-state index >= 15 is 0 Å².